The number of sulfonamides is 1. The summed E-state index contributed by atoms with van der Waals surface area (Å²) in [5, 5.41) is 8.05. The number of nitrogens with one attached hydrogen (secondary N) is 1. The highest BCUT2D eigenvalue weighted by Gasteiger charge is 2.28. The molecule has 0 bridgehead atoms. The number of aromatic nitrogens is 6. The van der Waals surface area contributed by atoms with E-state index < -0.39 is 10.0 Å². The van der Waals surface area contributed by atoms with E-state index in [0.717, 1.165) is 19.4 Å². The minimum absolute atomic E-state index is 0.175. The molecular weight excluding hydrogens is 508 g/mol. The molecule has 4 heterocycles. The van der Waals surface area contributed by atoms with Gasteiger partial charge in [-0.2, -0.15) is 4.31 Å². The van der Waals surface area contributed by atoms with Crippen LogP contribution in [0.5, 0.6) is 5.75 Å². The van der Waals surface area contributed by atoms with Crippen molar-refractivity contribution in [3.63, 3.8) is 0 Å². The van der Waals surface area contributed by atoms with E-state index in [9.17, 15) is 13.2 Å². The first-order chi connectivity index (χ1) is 18.2. The number of H-pyrrole nitrogens is 1. The quantitative estimate of drug-likeness (QED) is 0.359. The van der Waals surface area contributed by atoms with Gasteiger partial charge in [0.05, 0.1) is 17.1 Å². The predicted octanol–water partition coefficient (Wildman–Crippen LogP) is 2.21. The molecule has 1 saturated heterocycles. The van der Waals surface area contributed by atoms with Gasteiger partial charge in [0, 0.05) is 26.2 Å². The number of rotatable bonds is 8. The number of hydrogen-bond acceptors (Lipinski definition) is 8. The molecule has 0 radical (unpaired) electrons. The van der Waals surface area contributed by atoms with E-state index in [0.29, 0.717) is 66.7 Å². The fourth-order valence-electron chi connectivity index (χ4n) is 4.74. The Balaban J connectivity index is 1.67. The average molecular weight is 543 g/mol. The normalized spacial score (nSPS) is 16.0. The number of ether oxygens (including phenoxy) is 1. The third-order valence-corrected chi connectivity index (χ3v) is 8.58. The molecule has 12 nitrogen and oxygen atoms in total. The summed E-state index contributed by atoms with van der Waals surface area (Å²) in [5.41, 5.74) is 1.56. The third-order valence-electron chi connectivity index (χ3n) is 6.68. The highest BCUT2D eigenvalue weighted by Crippen LogP contribution is 2.33. The van der Waals surface area contributed by atoms with Gasteiger partial charge in [0.1, 0.15) is 23.4 Å². The van der Waals surface area contributed by atoms with Crippen LogP contribution < -0.4 is 10.4 Å². The Morgan fingerprint density at radius 2 is 1.95 bits per heavy atom. The second-order valence-corrected chi connectivity index (χ2v) is 12.1. The number of nitrogens with zero attached hydrogens (tertiary/aromatic N) is 7. The fourth-order valence-corrected chi connectivity index (χ4v) is 6.24. The molecule has 5 rings (SSSR count). The molecule has 1 aromatic carbocycles. The fraction of sp³-hybridized carbons (Fsp3) is 0.520. The number of hydrogen-bond donors (Lipinski definition) is 1. The van der Waals surface area contributed by atoms with Gasteiger partial charge in [-0.1, -0.05) is 20.8 Å². The molecule has 3 aromatic heterocycles. The van der Waals surface area contributed by atoms with Gasteiger partial charge in [-0.25, -0.2) is 22.6 Å². The summed E-state index contributed by atoms with van der Waals surface area (Å²) in [6.07, 6.45) is 2.94. The average Bonchev–Trinajstić information content (AvgIpc) is 3.49. The maximum atomic E-state index is 13.7. The lowest BCUT2D eigenvalue weighted by Gasteiger charge is -2.21. The number of benzene rings is 1. The van der Waals surface area contributed by atoms with Crippen molar-refractivity contribution in [2.24, 2.45) is 5.92 Å². The van der Waals surface area contributed by atoms with Crippen molar-refractivity contribution in [3.8, 4) is 17.1 Å². The zero-order chi connectivity index (χ0) is 27.0. The van der Waals surface area contributed by atoms with Crippen molar-refractivity contribution in [1.29, 1.82) is 0 Å². The van der Waals surface area contributed by atoms with Crippen molar-refractivity contribution < 1.29 is 13.2 Å². The highest BCUT2D eigenvalue weighted by molar-refractivity contribution is 7.89. The molecule has 4 aromatic rings. The van der Waals surface area contributed by atoms with Gasteiger partial charge >= 0.3 is 5.69 Å². The summed E-state index contributed by atoms with van der Waals surface area (Å²) >= 11 is 0. The lowest BCUT2D eigenvalue weighted by atomic mass is 10.2. The molecule has 0 saturated carbocycles. The van der Waals surface area contributed by atoms with Crippen molar-refractivity contribution in [3.05, 3.63) is 35.0 Å². The van der Waals surface area contributed by atoms with Gasteiger partial charge in [-0.15, -0.1) is 10.2 Å². The molecule has 0 atom stereocenters. The van der Waals surface area contributed by atoms with Crippen LogP contribution in [0, 0.1) is 5.92 Å². The van der Waals surface area contributed by atoms with E-state index in [-0.39, 0.29) is 16.5 Å². The molecule has 1 fully saturated rings. The molecule has 0 unspecified atom stereocenters. The van der Waals surface area contributed by atoms with E-state index in [1.165, 1.54) is 10.7 Å². The maximum Gasteiger partial charge on any atom is 0.336 e. The number of likely N-dealkylation sites (N-methyl/N-ethyl adjacent to an activating group) is 1. The van der Waals surface area contributed by atoms with Gasteiger partial charge in [-0.3, -0.25) is 4.57 Å². The summed E-state index contributed by atoms with van der Waals surface area (Å²) in [7, 11) is -1.73. The van der Waals surface area contributed by atoms with Crippen LogP contribution in [0.1, 0.15) is 33.6 Å². The number of aromatic amines is 1. The standard InChI is InChI=1S/C25H34N8O4S/c1-5-13-37-20-8-7-18(38(35,36)31-10-6-9-30(4)11-12-31)14-19(20)22-27-21-23(28-22)32(15-17(2)3)25(34)33-16-26-29-24(21)33/h7-8,14,16-17H,5-6,9-13,15H2,1-4H3,(H,27,28). The second-order valence-electron chi connectivity index (χ2n) is 10.2. The zero-order valence-electron chi connectivity index (χ0n) is 22.2. The van der Waals surface area contributed by atoms with Gasteiger partial charge < -0.3 is 14.6 Å². The predicted molar refractivity (Wildman–Crippen MR) is 144 cm³/mol. The molecule has 1 aliphatic rings. The first-order valence-corrected chi connectivity index (χ1v) is 14.4. The minimum Gasteiger partial charge on any atom is -0.493 e. The van der Waals surface area contributed by atoms with E-state index in [1.807, 2.05) is 27.8 Å². The summed E-state index contributed by atoms with van der Waals surface area (Å²) in [6.45, 7) is 9.38. The molecule has 0 spiro atoms. The highest BCUT2D eigenvalue weighted by atomic mass is 32.2. The minimum atomic E-state index is -3.74. The number of fused-ring (bicyclic) bond motifs is 3. The van der Waals surface area contributed by atoms with Crippen LogP contribution in [0.3, 0.4) is 0 Å². The lowest BCUT2D eigenvalue weighted by molar-refractivity contribution is 0.318. The largest absolute Gasteiger partial charge is 0.493 e. The summed E-state index contributed by atoms with van der Waals surface area (Å²) in [4.78, 5) is 23.6. The van der Waals surface area contributed by atoms with Crippen LogP contribution in [-0.2, 0) is 16.6 Å². The van der Waals surface area contributed by atoms with E-state index >= 15 is 0 Å². The van der Waals surface area contributed by atoms with Gasteiger partial charge in [0.2, 0.25) is 10.0 Å². The Labute approximate surface area is 221 Å². The molecular formula is C25H34N8O4S. The maximum absolute atomic E-state index is 13.7. The smallest absolute Gasteiger partial charge is 0.336 e. The SMILES string of the molecule is CCCOc1ccc(S(=O)(=O)N2CCCN(C)CC2)cc1-c1nc2c([nH]1)c1nncn1c(=O)n2CC(C)C. The Kier molecular flexibility index (Phi) is 7.25. The Morgan fingerprint density at radius 3 is 2.71 bits per heavy atom. The van der Waals surface area contributed by atoms with Crippen LogP contribution in [0.25, 0.3) is 28.2 Å². The van der Waals surface area contributed by atoms with Crippen LogP contribution in [0.4, 0.5) is 0 Å². The van der Waals surface area contributed by atoms with Crippen LogP contribution >= 0.6 is 0 Å². The number of imidazole rings is 1. The first kappa shape index (κ1) is 26.3. The first-order valence-electron chi connectivity index (χ1n) is 13.0. The molecule has 0 aliphatic carbocycles. The van der Waals surface area contributed by atoms with Crippen LogP contribution in [-0.4, -0.2) is 86.6 Å². The zero-order valence-corrected chi connectivity index (χ0v) is 23.0. The Hall–Kier alpha value is -3.29. The van der Waals surface area contributed by atoms with E-state index in [4.69, 9.17) is 9.72 Å². The third kappa shape index (κ3) is 4.81. The van der Waals surface area contributed by atoms with Crippen LogP contribution in [0.15, 0.2) is 34.2 Å². The summed E-state index contributed by atoms with van der Waals surface area (Å²) < 4.78 is 37.8. The van der Waals surface area contributed by atoms with Crippen molar-refractivity contribution >= 4 is 26.8 Å². The molecule has 1 N–H and O–H groups in total. The molecule has 1 aliphatic heterocycles. The van der Waals surface area contributed by atoms with Crippen LogP contribution in [0.2, 0.25) is 0 Å². The monoisotopic (exact) mass is 542 g/mol. The van der Waals surface area contributed by atoms with Crippen molar-refractivity contribution in [2.75, 3.05) is 39.8 Å². The van der Waals surface area contributed by atoms with Gasteiger partial charge in [0.25, 0.3) is 0 Å². The van der Waals surface area contributed by atoms with Gasteiger partial charge in [-0.05, 0) is 50.6 Å². The molecule has 204 valence electrons. The second kappa shape index (κ2) is 10.5. The van der Waals surface area contributed by atoms with Crippen molar-refractivity contribution in [2.45, 2.75) is 45.1 Å². The Bertz CT molecular complexity index is 1620. The molecule has 13 heteroatoms. The summed E-state index contributed by atoms with van der Waals surface area (Å²) in [5.74, 6) is 1.09. The van der Waals surface area contributed by atoms with Crippen molar-refractivity contribution in [1.82, 2.24) is 38.3 Å². The topological polar surface area (TPSA) is 131 Å². The van der Waals surface area contributed by atoms with E-state index in [2.05, 4.69) is 20.1 Å². The van der Waals surface area contributed by atoms with Gasteiger partial charge in [0.15, 0.2) is 11.3 Å². The lowest BCUT2D eigenvalue weighted by Crippen LogP contribution is -2.34. The Morgan fingerprint density at radius 1 is 1.13 bits per heavy atom. The molecule has 38 heavy (non-hydrogen) atoms. The van der Waals surface area contributed by atoms with E-state index in [1.54, 1.807) is 27.1 Å². The summed E-state index contributed by atoms with van der Waals surface area (Å²) in [6, 6.07) is 4.88. The molecule has 0 amide bonds.